The summed E-state index contributed by atoms with van der Waals surface area (Å²) >= 11 is 6.02. The number of nitrogens with one attached hydrogen (secondary N) is 1. The van der Waals surface area contributed by atoms with E-state index in [4.69, 9.17) is 11.6 Å². The van der Waals surface area contributed by atoms with Crippen LogP contribution in [0.3, 0.4) is 0 Å². The molecule has 2 amide bonds. The van der Waals surface area contributed by atoms with Gasteiger partial charge in [-0.1, -0.05) is 71.8 Å². The number of H-pyrrole nitrogens is 1. The summed E-state index contributed by atoms with van der Waals surface area (Å²) < 4.78 is 0. The molecular weight excluding hydrogens is 446 g/mol. The third kappa shape index (κ3) is 3.39. The Morgan fingerprint density at radius 1 is 0.971 bits per heavy atom. The predicted molar refractivity (Wildman–Crippen MR) is 133 cm³/mol. The highest BCUT2D eigenvalue weighted by molar-refractivity contribution is 6.30. The topological polar surface area (TPSA) is 56.4 Å². The Balaban J connectivity index is 1.44. The molecule has 1 aromatic heterocycles. The van der Waals surface area contributed by atoms with E-state index in [1.54, 1.807) is 4.90 Å². The Morgan fingerprint density at radius 3 is 2.47 bits per heavy atom. The van der Waals surface area contributed by atoms with Crippen LogP contribution in [0.15, 0.2) is 72.8 Å². The summed E-state index contributed by atoms with van der Waals surface area (Å²) in [6.45, 7) is 2.50. The van der Waals surface area contributed by atoms with Crippen LogP contribution in [0.2, 0.25) is 5.02 Å². The maximum absolute atomic E-state index is 13.8. The number of amides is 2. The van der Waals surface area contributed by atoms with Crippen molar-refractivity contribution in [3.63, 3.8) is 0 Å². The van der Waals surface area contributed by atoms with E-state index in [1.807, 2.05) is 48.2 Å². The van der Waals surface area contributed by atoms with E-state index in [-0.39, 0.29) is 24.4 Å². The van der Waals surface area contributed by atoms with Gasteiger partial charge in [0.2, 0.25) is 11.8 Å². The third-order valence-electron chi connectivity index (χ3n) is 7.02. The van der Waals surface area contributed by atoms with Crippen molar-refractivity contribution in [2.45, 2.75) is 32.0 Å². The molecule has 1 N–H and O–H groups in total. The first-order valence-corrected chi connectivity index (χ1v) is 11.9. The minimum atomic E-state index is -0.536. The van der Waals surface area contributed by atoms with Crippen LogP contribution in [0.5, 0.6) is 0 Å². The lowest BCUT2D eigenvalue weighted by molar-refractivity contribution is -0.159. The molecule has 3 aromatic carbocycles. The standard InChI is InChI=1S/C28H24ClN3O2/c1-17-6-10-19(11-7-17)27-26-22(21-4-2-3-5-23(21)30-26)14-24-28(34)31(16-25(33)32(24)27)15-18-8-12-20(29)13-9-18/h2-13,24,27,30H,14-16H2,1H3/t24-,27?/m0/s1. The van der Waals surface area contributed by atoms with Crippen molar-refractivity contribution in [1.29, 1.82) is 0 Å². The van der Waals surface area contributed by atoms with Gasteiger partial charge in [0.1, 0.15) is 12.6 Å². The molecule has 6 rings (SSSR count). The van der Waals surface area contributed by atoms with Crippen molar-refractivity contribution in [3.8, 4) is 0 Å². The quantitative estimate of drug-likeness (QED) is 0.458. The fourth-order valence-corrected chi connectivity index (χ4v) is 5.49. The molecule has 3 heterocycles. The molecule has 0 saturated carbocycles. The summed E-state index contributed by atoms with van der Waals surface area (Å²) in [5, 5.41) is 1.76. The first-order chi connectivity index (χ1) is 16.5. The van der Waals surface area contributed by atoms with E-state index in [1.165, 1.54) is 0 Å². The van der Waals surface area contributed by atoms with Gasteiger partial charge in [-0.05, 0) is 41.8 Å². The van der Waals surface area contributed by atoms with E-state index < -0.39 is 6.04 Å². The molecule has 1 fully saturated rings. The molecule has 2 atom stereocenters. The van der Waals surface area contributed by atoms with Crippen molar-refractivity contribution >= 4 is 34.3 Å². The Kier molecular flexibility index (Phi) is 4.96. The zero-order chi connectivity index (χ0) is 23.4. The molecule has 4 aromatic rings. The van der Waals surface area contributed by atoms with Gasteiger partial charge in [-0.25, -0.2) is 0 Å². The number of hydrogen-bond donors (Lipinski definition) is 1. The number of piperazine rings is 1. The molecule has 0 radical (unpaired) electrons. The first kappa shape index (κ1) is 21.0. The average Bonchev–Trinajstić information content (AvgIpc) is 3.21. The number of halogens is 1. The summed E-state index contributed by atoms with van der Waals surface area (Å²) in [5.74, 6) is -0.0453. The summed E-state index contributed by atoms with van der Waals surface area (Å²) in [4.78, 5) is 34.4. The second-order valence-corrected chi connectivity index (χ2v) is 9.65. The molecule has 5 nitrogen and oxygen atoms in total. The van der Waals surface area contributed by atoms with Crippen LogP contribution in [0.25, 0.3) is 10.9 Å². The Hall–Kier alpha value is -3.57. The lowest BCUT2D eigenvalue weighted by Crippen LogP contribution is -2.62. The fraction of sp³-hybridized carbons (Fsp3) is 0.214. The predicted octanol–water partition coefficient (Wildman–Crippen LogP) is 5.01. The molecule has 0 spiro atoms. The highest BCUT2D eigenvalue weighted by atomic mass is 35.5. The number of fused-ring (bicyclic) bond motifs is 4. The molecule has 1 saturated heterocycles. The molecule has 2 aliphatic heterocycles. The lowest BCUT2D eigenvalue weighted by atomic mass is 9.86. The minimum Gasteiger partial charge on any atom is -0.356 e. The molecular formula is C28H24ClN3O2. The summed E-state index contributed by atoms with van der Waals surface area (Å²) in [5.41, 5.74) is 6.28. The van der Waals surface area contributed by atoms with Crippen molar-refractivity contribution in [2.75, 3.05) is 6.54 Å². The molecule has 170 valence electrons. The van der Waals surface area contributed by atoms with Crippen LogP contribution in [0.4, 0.5) is 0 Å². The fourth-order valence-electron chi connectivity index (χ4n) is 5.36. The van der Waals surface area contributed by atoms with Crippen LogP contribution in [0, 0.1) is 6.92 Å². The number of nitrogens with zero attached hydrogens (tertiary/aromatic N) is 2. The normalized spacial score (nSPS) is 19.9. The Morgan fingerprint density at radius 2 is 1.71 bits per heavy atom. The number of benzene rings is 3. The van der Waals surface area contributed by atoms with Gasteiger partial charge in [-0.2, -0.15) is 0 Å². The highest BCUT2D eigenvalue weighted by Crippen LogP contribution is 2.42. The first-order valence-electron chi connectivity index (χ1n) is 11.5. The van der Waals surface area contributed by atoms with Gasteiger partial charge in [-0.15, -0.1) is 0 Å². The number of rotatable bonds is 3. The van der Waals surface area contributed by atoms with E-state index in [0.29, 0.717) is 18.0 Å². The van der Waals surface area contributed by atoms with Crippen molar-refractivity contribution in [1.82, 2.24) is 14.8 Å². The van der Waals surface area contributed by atoms with Crippen LogP contribution in [-0.4, -0.2) is 39.2 Å². The van der Waals surface area contributed by atoms with Gasteiger partial charge >= 0.3 is 0 Å². The van der Waals surface area contributed by atoms with Gasteiger partial charge < -0.3 is 14.8 Å². The lowest BCUT2D eigenvalue weighted by Gasteiger charge is -2.47. The van der Waals surface area contributed by atoms with Crippen molar-refractivity contribution in [3.05, 3.63) is 106 Å². The molecule has 0 bridgehead atoms. The highest BCUT2D eigenvalue weighted by Gasteiger charge is 2.48. The summed E-state index contributed by atoms with van der Waals surface area (Å²) in [7, 11) is 0. The monoisotopic (exact) mass is 469 g/mol. The number of para-hydroxylation sites is 1. The van der Waals surface area contributed by atoms with E-state index in [0.717, 1.165) is 38.9 Å². The zero-order valence-corrected chi connectivity index (χ0v) is 19.5. The maximum atomic E-state index is 13.8. The summed E-state index contributed by atoms with van der Waals surface area (Å²) in [6, 6.07) is 23.0. The van der Waals surface area contributed by atoms with Crippen LogP contribution in [0.1, 0.15) is 34.0 Å². The average molecular weight is 470 g/mol. The molecule has 2 aliphatic rings. The van der Waals surface area contributed by atoms with Crippen LogP contribution < -0.4 is 0 Å². The van der Waals surface area contributed by atoms with Gasteiger partial charge in [0.15, 0.2) is 0 Å². The maximum Gasteiger partial charge on any atom is 0.246 e. The van der Waals surface area contributed by atoms with Gasteiger partial charge in [-0.3, -0.25) is 9.59 Å². The Labute approximate surface area is 202 Å². The molecule has 6 heteroatoms. The number of aromatic nitrogens is 1. The van der Waals surface area contributed by atoms with E-state index >= 15 is 0 Å². The van der Waals surface area contributed by atoms with Crippen molar-refractivity contribution in [2.24, 2.45) is 0 Å². The van der Waals surface area contributed by atoms with Crippen LogP contribution >= 0.6 is 11.6 Å². The van der Waals surface area contributed by atoms with E-state index in [2.05, 4.69) is 41.4 Å². The van der Waals surface area contributed by atoms with Gasteiger partial charge in [0, 0.05) is 34.6 Å². The number of aromatic amines is 1. The summed E-state index contributed by atoms with van der Waals surface area (Å²) in [6.07, 6.45) is 0.503. The Bertz CT molecular complexity index is 1410. The number of carbonyl (C=O) groups is 2. The van der Waals surface area contributed by atoms with Crippen molar-refractivity contribution < 1.29 is 9.59 Å². The molecule has 34 heavy (non-hydrogen) atoms. The number of aryl methyl sites for hydroxylation is 1. The van der Waals surface area contributed by atoms with E-state index in [9.17, 15) is 9.59 Å². The van der Waals surface area contributed by atoms with Gasteiger partial charge in [0.05, 0.1) is 6.04 Å². The second-order valence-electron chi connectivity index (χ2n) is 9.22. The number of hydrogen-bond acceptors (Lipinski definition) is 2. The zero-order valence-electron chi connectivity index (χ0n) is 18.8. The molecule has 1 unspecified atom stereocenters. The SMILES string of the molecule is Cc1ccc(C2c3[nH]c4ccccc4c3C[C@H]3C(=O)N(Cc4ccc(Cl)cc4)CC(=O)N23)cc1. The third-order valence-corrected chi connectivity index (χ3v) is 7.27. The molecule has 0 aliphatic carbocycles. The smallest absolute Gasteiger partial charge is 0.246 e. The second kappa shape index (κ2) is 8.03. The van der Waals surface area contributed by atoms with Crippen LogP contribution in [-0.2, 0) is 22.6 Å². The largest absolute Gasteiger partial charge is 0.356 e. The minimum absolute atomic E-state index is 0.0115. The number of carbonyl (C=O) groups excluding carboxylic acids is 2. The van der Waals surface area contributed by atoms with Gasteiger partial charge in [0.25, 0.3) is 0 Å².